The third-order valence-electron chi connectivity index (χ3n) is 4.23. The molecule has 1 fully saturated rings. The minimum absolute atomic E-state index is 0.316. The van der Waals surface area contributed by atoms with Crippen molar-refractivity contribution in [2.24, 2.45) is 0 Å². The lowest BCUT2D eigenvalue weighted by Gasteiger charge is -2.04. The fourth-order valence-corrected chi connectivity index (χ4v) is 2.68. The summed E-state index contributed by atoms with van der Waals surface area (Å²) in [6.45, 7) is 3.79. The minimum Gasteiger partial charge on any atom is -0.491 e. The molecule has 0 saturated carbocycles. The number of epoxide rings is 1. The normalized spacial score (nSPS) is 16.8. The molecule has 0 aromatic heterocycles. The monoisotopic (exact) mass is 316 g/mol. The van der Waals surface area contributed by atoms with Gasteiger partial charge in [0.15, 0.2) is 0 Å². The molecule has 1 aromatic carbocycles. The van der Waals surface area contributed by atoms with Gasteiger partial charge in [0.2, 0.25) is 0 Å². The molecule has 1 aromatic rings. The maximum absolute atomic E-state index is 5.71. The van der Waals surface area contributed by atoms with E-state index in [1.165, 1.54) is 63.4 Å². The summed E-state index contributed by atoms with van der Waals surface area (Å²) < 4.78 is 10.9. The molecule has 0 spiro atoms. The average Bonchev–Trinajstić information content (AvgIpc) is 3.39. The predicted molar refractivity (Wildman–Crippen MR) is 97.9 cm³/mol. The maximum Gasteiger partial charge on any atom is 0.120 e. The van der Waals surface area contributed by atoms with Crippen LogP contribution >= 0.6 is 0 Å². The lowest BCUT2D eigenvalue weighted by molar-refractivity contribution is 0.263. The Morgan fingerprint density at radius 3 is 2.57 bits per heavy atom. The second-order valence-corrected chi connectivity index (χ2v) is 6.50. The van der Waals surface area contributed by atoms with Crippen LogP contribution in [-0.2, 0) is 4.74 Å². The second kappa shape index (κ2) is 11.3. The molecule has 0 bridgehead atoms. The highest BCUT2D eigenvalue weighted by molar-refractivity contribution is 5.51. The van der Waals surface area contributed by atoms with Crippen molar-refractivity contribution >= 4 is 6.08 Å². The van der Waals surface area contributed by atoms with Crippen molar-refractivity contribution in [1.29, 1.82) is 0 Å². The second-order valence-electron chi connectivity index (χ2n) is 6.50. The van der Waals surface area contributed by atoms with Crippen LogP contribution < -0.4 is 4.74 Å². The Balaban J connectivity index is 1.53. The molecule has 0 radical (unpaired) electrons. The standard InChI is InChI=1S/C21H32O2/c1-2-3-4-5-6-7-8-9-10-11-13-19-14-12-15-20(16-19)22-17-21-18-23-21/h11-16,21H,2-10,17-18H2,1H3/b13-11+. The zero-order chi connectivity index (χ0) is 16.2. The molecule has 2 rings (SSSR count). The van der Waals surface area contributed by atoms with Crippen LogP contribution in [-0.4, -0.2) is 19.3 Å². The van der Waals surface area contributed by atoms with Crippen molar-refractivity contribution in [3.05, 3.63) is 35.9 Å². The van der Waals surface area contributed by atoms with E-state index in [4.69, 9.17) is 9.47 Å². The summed E-state index contributed by atoms with van der Waals surface area (Å²) in [6.07, 6.45) is 17.0. The zero-order valence-electron chi connectivity index (χ0n) is 14.6. The van der Waals surface area contributed by atoms with Crippen molar-refractivity contribution in [3.63, 3.8) is 0 Å². The van der Waals surface area contributed by atoms with Gasteiger partial charge in [0.05, 0.1) is 6.61 Å². The molecule has 0 N–H and O–H groups in total. The Bertz CT molecular complexity index is 449. The van der Waals surface area contributed by atoms with Gasteiger partial charge in [-0.2, -0.15) is 0 Å². The number of rotatable bonds is 13. The summed E-state index contributed by atoms with van der Waals surface area (Å²) in [4.78, 5) is 0. The first-order chi connectivity index (χ1) is 11.4. The van der Waals surface area contributed by atoms with Crippen LogP contribution in [0.5, 0.6) is 5.75 Å². The van der Waals surface area contributed by atoms with Crippen molar-refractivity contribution in [1.82, 2.24) is 0 Å². The van der Waals surface area contributed by atoms with Crippen molar-refractivity contribution in [2.75, 3.05) is 13.2 Å². The molecule has 1 heterocycles. The molecule has 1 unspecified atom stereocenters. The Morgan fingerprint density at radius 2 is 1.83 bits per heavy atom. The van der Waals surface area contributed by atoms with Crippen LogP contribution in [0.2, 0.25) is 0 Å². The SMILES string of the molecule is CCCCCCCCCC/C=C/c1cccc(OCC2CO2)c1. The van der Waals surface area contributed by atoms with Gasteiger partial charge in [-0.3, -0.25) is 0 Å². The largest absolute Gasteiger partial charge is 0.491 e. The predicted octanol–water partition coefficient (Wildman–Crippen LogP) is 6.01. The van der Waals surface area contributed by atoms with Gasteiger partial charge in [0, 0.05) is 0 Å². The summed E-state index contributed by atoms with van der Waals surface area (Å²) in [6, 6.07) is 8.30. The summed E-state index contributed by atoms with van der Waals surface area (Å²) in [5.41, 5.74) is 1.22. The van der Waals surface area contributed by atoms with Gasteiger partial charge >= 0.3 is 0 Å². The molecular formula is C21H32O2. The van der Waals surface area contributed by atoms with E-state index in [0.717, 1.165) is 12.4 Å². The van der Waals surface area contributed by atoms with Gasteiger partial charge in [-0.05, 0) is 30.5 Å². The molecular weight excluding hydrogens is 284 g/mol. The van der Waals surface area contributed by atoms with E-state index in [2.05, 4.69) is 37.3 Å². The number of allylic oxidation sites excluding steroid dienone is 1. The van der Waals surface area contributed by atoms with Crippen LogP contribution in [0.15, 0.2) is 30.3 Å². The van der Waals surface area contributed by atoms with Crippen LogP contribution in [0, 0.1) is 0 Å². The third-order valence-corrected chi connectivity index (χ3v) is 4.23. The molecule has 1 saturated heterocycles. The van der Waals surface area contributed by atoms with Gasteiger partial charge in [0.1, 0.15) is 18.5 Å². The molecule has 1 atom stereocenters. The minimum atomic E-state index is 0.316. The van der Waals surface area contributed by atoms with Crippen molar-refractivity contribution in [3.8, 4) is 5.75 Å². The fourth-order valence-electron chi connectivity index (χ4n) is 2.68. The molecule has 1 aliphatic rings. The maximum atomic E-state index is 5.71. The molecule has 2 nitrogen and oxygen atoms in total. The van der Waals surface area contributed by atoms with Gasteiger partial charge in [-0.25, -0.2) is 0 Å². The number of unbranched alkanes of at least 4 members (excludes halogenated alkanes) is 8. The van der Waals surface area contributed by atoms with Gasteiger partial charge in [-0.1, -0.05) is 76.2 Å². The zero-order valence-corrected chi connectivity index (χ0v) is 14.6. The molecule has 0 amide bonds. The van der Waals surface area contributed by atoms with Crippen molar-refractivity contribution < 1.29 is 9.47 Å². The summed E-state index contributed by atoms with van der Waals surface area (Å²) in [5.74, 6) is 0.940. The Kier molecular flexibility index (Phi) is 8.86. The molecule has 0 aliphatic carbocycles. The number of hydrogen-bond acceptors (Lipinski definition) is 2. The molecule has 1 aliphatic heterocycles. The summed E-state index contributed by atoms with van der Waals surface area (Å²) in [7, 11) is 0. The van der Waals surface area contributed by atoms with Crippen LogP contribution in [0.4, 0.5) is 0 Å². The van der Waals surface area contributed by atoms with Gasteiger partial charge in [-0.15, -0.1) is 0 Å². The summed E-state index contributed by atoms with van der Waals surface area (Å²) >= 11 is 0. The van der Waals surface area contributed by atoms with Crippen molar-refractivity contribution in [2.45, 2.75) is 70.8 Å². The molecule has 23 heavy (non-hydrogen) atoms. The first-order valence-corrected chi connectivity index (χ1v) is 9.39. The van der Waals surface area contributed by atoms with E-state index in [-0.39, 0.29) is 0 Å². The number of ether oxygens (including phenoxy) is 2. The lowest BCUT2D eigenvalue weighted by atomic mass is 10.1. The quantitative estimate of drug-likeness (QED) is 0.328. The van der Waals surface area contributed by atoms with Gasteiger partial charge < -0.3 is 9.47 Å². The average molecular weight is 316 g/mol. The van der Waals surface area contributed by atoms with E-state index in [1.807, 2.05) is 6.07 Å². The van der Waals surface area contributed by atoms with E-state index in [9.17, 15) is 0 Å². The number of hydrogen-bond donors (Lipinski definition) is 0. The summed E-state index contributed by atoms with van der Waals surface area (Å²) in [5, 5.41) is 0. The topological polar surface area (TPSA) is 21.8 Å². The smallest absolute Gasteiger partial charge is 0.120 e. The van der Waals surface area contributed by atoms with Gasteiger partial charge in [0.25, 0.3) is 0 Å². The number of benzene rings is 1. The highest BCUT2D eigenvalue weighted by Gasteiger charge is 2.22. The first kappa shape index (κ1) is 18.1. The fraction of sp³-hybridized carbons (Fsp3) is 0.619. The van der Waals surface area contributed by atoms with Crippen LogP contribution in [0.3, 0.4) is 0 Å². The Labute approximate surface area is 141 Å². The first-order valence-electron chi connectivity index (χ1n) is 9.39. The van der Waals surface area contributed by atoms with E-state index in [1.54, 1.807) is 0 Å². The Hall–Kier alpha value is -1.28. The van der Waals surface area contributed by atoms with E-state index in [0.29, 0.717) is 12.7 Å². The van der Waals surface area contributed by atoms with E-state index < -0.39 is 0 Å². The van der Waals surface area contributed by atoms with Crippen LogP contribution in [0.1, 0.15) is 70.3 Å². The highest BCUT2D eigenvalue weighted by Crippen LogP contribution is 2.18. The molecule has 128 valence electrons. The Morgan fingerprint density at radius 1 is 1.09 bits per heavy atom. The van der Waals surface area contributed by atoms with Crippen LogP contribution in [0.25, 0.3) is 6.08 Å². The third kappa shape index (κ3) is 8.80. The highest BCUT2D eigenvalue weighted by atomic mass is 16.6. The van der Waals surface area contributed by atoms with E-state index >= 15 is 0 Å². The lowest BCUT2D eigenvalue weighted by Crippen LogP contribution is -2.03. The molecule has 2 heteroatoms.